The first-order valence-electron chi connectivity index (χ1n) is 5.48. The van der Waals surface area contributed by atoms with Gasteiger partial charge in [0.05, 0.1) is 14.2 Å². The van der Waals surface area contributed by atoms with Crippen molar-refractivity contribution in [1.29, 1.82) is 0 Å². The van der Waals surface area contributed by atoms with Crippen molar-refractivity contribution in [2.75, 3.05) is 12.4 Å². The van der Waals surface area contributed by atoms with Crippen LogP contribution in [-0.4, -0.2) is 22.0 Å². The van der Waals surface area contributed by atoms with Crippen molar-refractivity contribution in [3.05, 3.63) is 27.5 Å². The van der Waals surface area contributed by atoms with E-state index in [1.54, 1.807) is 11.3 Å². The maximum absolute atomic E-state index is 4.53. The average Bonchev–Trinajstić information content (AvgIpc) is 2.92. The molecule has 0 bridgehead atoms. The van der Waals surface area contributed by atoms with Crippen molar-refractivity contribution in [2.45, 2.75) is 6.92 Å². The number of halogens is 1. The Labute approximate surface area is 117 Å². The van der Waals surface area contributed by atoms with Gasteiger partial charge in [0.15, 0.2) is 11.5 Å². The maximum Gasteiger partial charge on any atom is 0.180 e. The number of nitrogens with one attached hydrogen (secondary N) is 2. The van der Waals surface area contributed by atoms with Crippen molar-refractivity contribution < 1.29 is 0 Å². The van der Waals surface area contributed by atoms with Crippen LogP contribution < -0.4 is 5.32 Å². The summed E-state index contributed by atoms with van der Waals surface area (Å²) in [6.45, 7) is 2.07. The van der Waals surface area contributed by atoms with E-state index in [1.807, 2.05) is 19.2 Å². The lowest BCUT2D eigenvalue weighted by Gasteiger charge is -1.95. The van der Waals surface area contributed by atoms with E-state index in [-0.39, 0.29) is 0 Å². The van der Waals surface area contributed by atoms with Gasteiger partial charge in [-0.2, -0.15) is 0 Å². The Morgan fingerprint density at radius 3 is 2.83 bits per heavy atom. The molecular formula is C12H11BrN4S. The summed E-state index contributed by atoms with van der Waals surface area (Å²) in [5.41, 5.74) is 2.91. The molecule has 0 aliphatic rings. The number of imidazole rings is 1. The molecule has 3 heterocycles. The highest BCUT2D eigenvalue weighted by Crippen LogP contribution is 2.33. The number of aromatic nitrogens is 3. The number of pyridine rings is 1. The van der Waals surface area contributed by atoms with E-state index >= 15 is 0 Å². The van der Waals surface area contributed by atoms with Gasteiger partial charge in [0.2, 0.25) is 0 Å². The summed E-state index contributed by atoms with van der Waals surface area (Å²) in [5.74, 6) is 1.69. The minimum atomic E-state index is 0.735. The lowest BCUT2D eigenvalue weighted by atomic mass is 10.3. The number of hydrogen-bond acceptors (Lipinski definition) is 4. The lowest BCUT2D eigenvalue weighted by Crippen LogP contribution is -1.91. The molecule has 4 nitrogen and oxygen atoms in total. The molecule has 3 rings (SSSR count). The Morgan fingerprint density at radius 1 is 1.33 bits per heavy atom. The van der Waals surface area contributed by atoms with Crippen LogP contribution >= 0.6 is 27.3 Å². The van der Waals surface area contributed by atoms with Crippen LogP contribution in [0.1, 0.15) is 5.56 Å². The molecule has 0 amide bonds. The highest BCUT2D eigenvalue weighted by molar-refractivity contribution is 9.11. The number of aryl methyl sites for hydroxylation is 1. The molecule has 0 fully saturated rings. The minimum absolute atomic E-state index is 0.735. The summed E-state index contributed by atoms with van der Waals surface area (Å²) >= 11 is 5.20. The van der Waals surface area contributed by atoms with Crippen molar-refractivity contribution in [3.8, 4) is 10.7 Å². The Bertz CT molecular complexity index is 697. The van der Waals surface area contributed by atoms with Crippen molar-refractivity contribution in [2.24, 2.45) is 0 Å². The Hall–Kier alpha value is -1.40. The van der Waals surface area contributed by atoms with Gasteiger partial charge in [-0.05, 0) is 46.6 Å². The van der Waals surface area contributed by atoms with Crippen LogP contribution in [0.2, 0.25) is 0 Å². The van der Waals surface area contributed by atoms with Crippen LogP contribution in [0, 0.1) is 6.92 Å². The molecule has 2 N–H and O–H groups in total. The predicted molar refractivity (Wildman–Crippen MR) is 79.2 cm³/mol. The molecule has 0 aliphatic carbocycles. The van der Waals surface area contributed by atoms with Gasteiger partial charge >= 0.3 is 0 Å². The molecule has 0 aromatic carbocycles. The number of fused-ring (bicyclic) bond motifs is 1. The predicted octanol–water partition coefficient (Wildman–Crippen LogP) is 3.80. The SMILES string of the molecule is CNc1ccc2[nH]c(-c3cc(C)c(Br)s3)nc2n1. The second-order valence-electron chi connectivity index (χ2n) is 3.97. The fraction of sp³-hybridized carbons (Fsp3) is 0.167. The molecule has 6 heteroatoms. The van der Waals surface area contributed by atoms with Crippen LogP contribution in [-0.2, 0) is 0 Å². The molecule has 0 spiro atoms. The van der Waals surface area contributed by atoms with Gasteiger partial charge in [-0.1, -0.05) is 0 Å². The summed E-state index contributed by atoms with van der Waals surface area (Å²) in [6, 6.07) is 6.03. The van der Waals surface area contributed by atoms with Crippen molar-refractivity contribution in [1.82, 2.24) is 15.0 Å². The third-order valence-corrected chi connectivity index (χ3v) is 4.84. The molecule has 0 radical (unpaired) electrons. The first-order valence-corrected chi connectivity index (χ1v) is 7.09. The van der Waals surface area contributed by atoms with Gasteiger partial charge in [0.25, 0.3) is 0 Å². The molecule has 3 aromatic heterocycles. The number of nitrogens with zero attached hydrogens (tertiary/aromatic N) is 2. The van der Waals surface area contributed by atoms with Crippen LogP contribution in [0.4, 0.5) is 5.82 Å². The molecule has 0 saturated heterocycles. The van der Waals surface area contributed by atoms with Gasteiger partial charge in [-0.25, -0.2) is 9.97 Å². The summed E-state index contributed by atoms with van der Waals surface area (Å²) in [6.07, 6.45) is 0. The standard InChI is InChI=1S/C12H11BrN4S/c1-6-5-8(18-10(6)13)12-15-7-3-4-9(14-2)16-11(7)17-12/h3-5H,1-2H3,(H2,14,15,16,17). The van der Waals surface area contributed by atoms with E-state index in [0.29, 0.717) is 0 Å². The highest BCUT2D eigenvalue weighted by atomic mass is 79.9. The van der Waals surface area contributed by atoms with Crippen LogP contribution in [0.25, 0.3) is 21.9 Å². The smallest absolute Gasteiger partial charge is 0.180 e. The number of anilines is 1. The summed E-state index contributed by atoms with van der Waals surface area (Å²) in [5, 5.41) is 3.01. The van der Waals surface area contributed by atoms with E-state index in [4.69, 9.17) is 0 Å². The second-order valence-corrected chi connectivity index (χ2v) is 6.34. The molecule has 18 heavy (non-hydrogen) atoms. The average molecular weight is 323 g/mol. The molecule has 0 unspecified atom stereocenters. The minimum Gasteiger partial charge on any atom is -0.373 e. The molecule has 0 atom stereocenters. The number of aromatic amines is 1. The number of thiophene rings is 1. The Kier molecular flexibility index (Phi) is 2.83. The molecule has 92 valence electrons. The quantitative estimate of drug-likeness (QED) is 0.754. The second kappa shape index (κ2) is 4.37. The van der Waals surface area contributed by atoms with E-state index in [0.717, 1.165) is 31.5 Å². The largest absolute Gasteiger partial charge is 0.373 e. The van der Waals surface area contributed by atoms with Gasteiger partial charge in [-0.15, -0.1) is 11.3 Å². The lowest BCUT2D eigenvalue weighted by molar-refractivity contribution is 1.29. The zero-order chi connectivity index (χ0) is 12.7. The van der Waals surface area contributed by atoms with Crippen molar-refractivity contribution >= 4 is 44.2 Å². The topological polar surface area (TPSA) is 53.6 Å². The van der Waals surface area contributed by atoms with Gasteiger partial charge in [0, 0.05) is 7.05 Å². The fourth-order valence-electron chi connectivity index (χ4n) is 1.73. The molecule has 0 aliphatic heterocycles. The summed E-state index contributed by atoms with van der Waals surface area (Å²) in [4.78, 5) is 13.3. The van der Waals surface area contributed by atoms with E-state index in [1.165, 1.54) is 5.56 Å². The first kappa shape index (κ1) is 11.7. The van der Waals surface area contributed by atoms with Gasteiger partial charge in [0.1, 0.15) is 5.82 Å². The zero-order valence-corrected chi connectivity index (χ0v) is 12.3. The van der Waals surface area contributed by atoms with Gasteiger partial charge in [-0.3, -0.25) is 0 Å². The molecule has 0 saturated carbocycles. The van der Waals surface area contributed by atoms with Crippen LogP contribution in [0.15, 0.2) is 22.0 Å². The molecule has 3 aromatic rings. The van der Waals surface area contributed by atoms with E-state index in [9.17, 15) is 0 Å². The summed E-state index contributed by atoms with van der Waals surface area (Å²) in [7, 11) is 1.85. The first-order chi connectivity index (χ1) is 8.67. The van der Waals surface area contributed by atoms with Crippen LogP contribution in [0.5, 0.6) is 0 Å². The number of hydrogen-bond donors (Lipinski definition) is 2. The third kappa shape index (κ3) is 1.91. The van der Waals surface area contributed by atoms with E-state index < -0.39 is 0 Å². The summed E-state index contributed by atoms with van der Waals surface area (Å²) < 4.78 is 1.14. The third-order valence-electron chi connectivity index (χ3n) is 2.69. The molecular weight excluding hydrogens is 312 g/mol. The van der Waals surface area contributed by atoms with Gasteiger partial charge < -0.3 is 10.3 Å². The van der Waals surface area contributed by atoms with Crippen molar-refractivity contribution in [3.63, 3.8) is 0 Å². The Morgan fingerprint density at radius 2 is 2.17 bits per heavy atom. The van der Waals surface area contributed by atoms with E-state index in [2.05, 4.69) is 49.2 Å². The fourth-order valence-corrected chi connectivity index (χ4v) is 3.20. The number of H-pyrrole nitrogens is 1. The normalized spacial score (nSPS) is 11.1. The Balaban J connectivity index is 2.12. The zero-order valence-electron chi connectivity index (χ0n) is 9.91. The van der Waals surface area contributed by atoms with Crippen LogP contribution in [0.3, 0.4) is 0 Å². The highest BCUT2D eigenvalue weighted by Gasteiger charge is 2.10. The monoisotopic (exact) mass is 322 g/mol. The number of rotatable bonds is 2. The maximum atomic E-state index is 4.53.